The quantitative estimate of drug-likeness (QED) is 0.412. The molecule has 0 unspecified atom stereocenters. The Hall–Kier alpha value is -2.49. The molecule has 0 amide bonds. The number of hydrogen-bond donors (Lipinski definition) is 0. The Morgan fingerprint density at radius 3 is 1.39 bits per heavy atom. The summed E-state index contributed by atoms with van der Waals surface area (Å²) in [6, 6.07) is 15.9. The van der Waals surface area contributed by atoms with E-state index < -0.39 is 6.55 Å². The van der Waals surface area contributed by atoms with Gasteiger partial charge in [-0.05, 0) is 36.8 Å². The number of aromatic nitrogens is 6. The molecule has 0 atom stereocenters. The van der Waals surface area contributed by atoms with Gasteiger partial charge in [-0.2, -0.15) is 0 Å². The molecule has 0 spiro atoms. The molecule has 0 aliphatic rings. The molecule has 6 nitrogen and oxygen atoms in total. The Bertz CT molecular complexity index is 743. The zero-order valence-corrected chi connectivity index (χ0v) is 12.8. The summed E-state index contributed by atoms with van der Waals surface area (Å²) >= 11 is 0. The van der Waals surface area contributed by atoms with Crippen molar-refractivity contribution >= 4 is 12.0 Å². The van der Waals surface area contributed by atoms with E-state index in [0.29, 0.717) is 0 Å². The van der Waals surface area contributed by atoms with E-state index in [4.69, 9.17) is 0 Å². The maximum absolute atomic E-state index is 4.50. The molecule has 0 saturated heterocycles. The van der Waals surface area contributed by atoms with Crippen LogP contribution in [-0.2, 0) is 0 Å². The molecule has 0 aliphatic carbocycles. The minimum absolute atomic E-state index is 0. The molecule has 8 heteroatoms. The van der Waals surface area contributed by atoms with Crippen LogP contribution in [0, 0.1) is 0 Å². The summed E-state index contributed by atoms with van der Waals surface area (Å²) in [6.07, 6.45) is 11.1. The van der Waals surface area contributed by atoms with E-state index in [0.717, 1.165) is 5.46 Å². The van der Waals surface area contributed by atoms with Crippen LogP contribution in [0.2, 0.25) is 0 Å². The predicted octanol–water partition coefficient (Wildman–Crippen LogP) is -1.93. The predicted molar refractivity (Wildman–Crippen MR) is 84.7 cm³/mol. The third kappa shape index (κ3) is 2.35. The van der Waals surface area contributed by atoms with Gasteiger partial charge in [-0.15, -0.1) is 5.46 Å². The van der Waals surface area contributed by atoms with Crippen LogP contribution in [0.25, 0.3) is 0 Å². The molecule has 0 N–H and O–H groups in total. The van der Waals surface area contributed by atoms with Crippen LogP contribution < -0.4 is 24.3 Å². The first-order chi connectivity index (χ1) is 10.9. The van der Waals surface area contributed by atoms with Crippen molar-refractivity contribution in [2.24, 2.45) is 0 Å². The Balaban J connectivity index is 0.00000156. The van der Waals surface area contributed by atoms with Crippen LogP contribution in [-0.4, -0.2) is 35.6 Å². The Labute approximate surface area is 145 Å². The topological polar surface area (TPSA) is 53.5 Å². The smallest absolute Gasteiger partial charge is 0.396 e. The summed E-state index contributed by atoms with van der Waals surface area (Å²) in [4.78, 5) is 0. The van der Waals surface area contributed by atoms with E-state index in [-0.39, 0.29) is 18.9 Å². The van der Waals surface area contributed by atoms with Gasteiger partial charge in [0.15, 0.2) is 0 Å². The first kappa shape index (κ1) is 15.4. The van der Waals surface area contributed by atoms with E-state index in [9.17, 15) is 0 Å². The zero-order chi connectivity index (χ0) is 14.8. The molecule has 23 heavy (non-hydrogen) atoms. The van der Waals surface area contributed by atoms with Crippen molar-refractivity contribution in [3.8, 4) is 0 Å². The third-order valence-corrected chi connectivity index (χ3v) is 3.93. The van der Waals surface area contributed by atoms with Crippen molar-refractivity contribution in [2.45, 2.75) is 0 Å². The molecule has 0 bridgehead atoms. The second kappa shape index (κ2) is 6.33. The molecule has 3 heterocycles. The largest absolute Gasteiger partial charge is 1.00 e. The summed E-state index contributed by atoms with van der Waals surface area (Å²) < 4.78 is 5.74. The van der Waals surface area contributed by atoms with Crippen molar-refractivity contribution in [3.05, 3.63) is 85.7 Å². The van der Waals surface area contributed by atoms with Crippen LogP contribution >= 0.6 is 0 Å². The van der Waals surface area contributed by atoms with Crippen LogP contribution in [0.1, 0.15) is 0 Å². The SMILES string of the molecule is [Li+].c1ccc([B-](n2cccn2)(n2cccn2)n2cccn2)cc1. The molecule has 1 aromatic carbocycles. The summed E-state index contributed by atoms with van der Waals surface area (Å²) in [5.74, 6) is 0. The van der Waals surface area contributed by atoms with Gasteiger partial charge in [0.2, 0.25) is 0 Å². The molecule has 4 rings (SSSR count). The van der Waals surface area contributed by atoms with Crippen molar-refractivity contribution in [1.82, 2.24) is 29.1 Å². The zero-order valence-electron chi connectivity index (χ0n) is 12.8. The fourth-order valence-corrected chi connectivity index (χ4v) is 3.01. The van der Waals surface area contributed by atoms with Crippen molar-refractivity contribution in [2.75, 3.05) is 0 Å². The minimum Gasteiger partial charge on any atom is -0.396 e. The maximum atomic E-state index is 4.50. The first-order valence-corrected chi connectivity index (χ1v) is 7.12. The van der Waals surface area contributed by atoms with Crippen LogP contribution in [0.4, 0.5) is 0 Å². The van der Waals surface area contributed by atoms with Gasteiger partial charge in [-0.25, -0.2) is 15.3 Å². The molecule has 108 valence electrons. The molecule has 0 saturated carbocycles. The van der Waals surface area contributed by atoms with Crippen LogP contribution in [0.5, 0.6) is 0 Å². The molecule has 0 aliphatic heterocycles. The van der Waals surface area contributed by atoms with Gasteiger partial charge in [0, 0.05) is 18.6 Å². The van der Waals surface area contributed by atoms with Gasteiger partial charge in [0.05, 0.1) is 0 Å². The minimum atomic E-state index is -1.68. The maximum Gasteiger partial charge on any atom is 1.00 e. The van der Waals surface area contributed by atoms with Gasteiger partial charge in [-0.1, -0.05) is 30.3 Å². The Morgan fingerprint density at radius 1 is 0.609 bits per heavy atom. The van der Waals surface area contributed by atoms with Crippen molar-refractivity contribution in [3.63, 3.8) is 0 Å². The Morgan fingerprint density at radius 2 is 1.04 bits per heavy atom. The van der Waals surface area contributed by atoms with E-state index in [1.165, 1.54) is 0 Å². The molecule has 0 fully saturated rings. The first-order valence-electron chi connectivity index (χ1n) is 7.12. The van der Waals surface area contributed by atoms with E-state index in [1.807, 2.05) is 68.8 Å². The monoisotopic (exact) mass is 296 g/mol. The summed E-state index contributed by atoms with van der Waals surface area (Å²) in [5, 5.41) is 13.5. The normalized spacial score (nSPS) is 11.1. The molecule has 0 radical (unpaired) electrons. The third-order valence-electron chi connectivity index (χ3n) is 3.93. The standard InChI is InChI=1S/C15H14BN6.Li/c1-2-7-15(8-3-1)16(20-12-4-9-17-20,21-13-5-10-18-21)22-14-6-11-19-22;/h1-14H;/q-1;+1. The van der Waals surface area contributed by atoms with Crippen LogP contribution in [0.15, 0.2) is 85.7 Å². The second-order valence-electron chi connectivity index (χ2n) is 5.10. The van der Waals surface area contributed by atoms with Gasteiger partial charge in [0.25, 0.3) is 0 Å². The van der Waals surface area contributed by atoms with Crippen molar-refractivity contribution in [1.29, 1.82) is 0 Å². The average Bonchev–Trinajstić information content (AvgIpc) is 3.34. The summed E-state index contributed by atoms with van der Waals surface area (Å²) in [5.41, 5.74) is 1.07. The number of benzene rings is 1. The van der Waals surface area contributed by atoms with E-state index >= 15 is 0 Å². The van der Waals surface area contributed by atoms with E-state index in [2.05, 4.69) is 27.4 Å². The van der Waals surface area contributed by atoms with Gasteiger partial charge < -0.3 is 13.8 Å². The summed E-state index contributed by atoms with van der Waals surface area (Å²) in [6.45, 7) is -1.68. The fraction of sp³-hybridized carbons (Fsp3) is 0. The van der Waals surface area contributed by atoms with Crippen LogP contribution in [0.3, 0.4) is 0 Å². The van der Waals surface area contributed by atoms with Gasteiger partial charge in [0.1, 0.15) is 0 Å². The molecule has 4 aromatic rings. The number of nitrogens with zero attached hydrogens (tertiary/aromatic N) is 6. The van der Waals surface area contributed by atoms with Gasteiger partial charge in [-0.3, -0.25) is 0 Å². The number of rotatable bonds is 4. The second-order valence-corrected chi connectivity index (χ2v) is 5.10. The Kier molecular flexibility index (Phi) is 4.24. The van der Waals surface area contributed by atoms with E-state index in [1.54, 1.807) is 18.6 Å². The average molecular weight is 296 g/mol. The fourth-order valence-electron chi connectivity index (χ4n) is 3.01. The molecule has 3 aromatic heterocycles. The molecular formula is C15H14BLiN6. The molecular weight excluding hydrogens is 282 g/mol. The summed E-state index contributed by atoms with van der Waals surface area (Å²) in [7, 11) is 0. The van der Waals surface area contributed by atoms with Gasteiger partial charge >= 0.3 is 25.4 Å². The number of hydrogen-bond acceptors (Lipinski definition) is 3. The van der Waals surface area contributed by atoms with Crippen molar-refractivity contribution < 1.29 is 18.9 Å².